The van der Waals surface area contributed by atoms with Crippen LogP contribution in [0.3, 0.4) is 0 Å². The van der Waals surface area contributed by atoms with Crippen molar-refractivity contribution in [3.05, 3.63) is 50.1 Å². The van der Waals surface area contributed by atoms with Gasteiger partial charge in [0.05, 0.1) is 9.08 Å². The van der Waals surface area contributed by atoms with Crippen molar-refractivity contribution in [2.24, 2.45) is 0 Å². The Balaban J connectivity index is 2.25. The topological polar surface area (TPSA) is 34.0 Å². The van der Waals surface area contributed by atoms with Gasteiger partial charge < -0.3 is 9.88 Å². The molecule has 0 radical (unpaired) electrons. The molecular formula is C14H13Br2ClN2O. The fourth-order valence-corrected chi connectivity index (χ4v) is 2.89. The minimum atomic E-state index is -0.146. The molecule has 0 fully saturated rings. The summed E-state index contributed by atoms with van der Waals surface area (Å²) in [7, 11) is 0. The van der Waals surface area contributed by atoms with Crippen molar-refractivity contribution in [2.75, 3.05) is 5.32 Å². The first-order valence-electron chi connectivity index (χ1n) is 6.14. The Morgan fingerprint density at radius 2 is 1.95 bits per heavy atom. The van der Waals surface area contributed by atoms with Crippen LogP contribution >= 0.6 is 43.5 Å². The first kappa shape index (κ1) is 15.6. The van der Waals surface area contributed by atoms with Crippen LogP contribution in [0.25, 0.3) is 0 Å². The normalized spacial score (nSPS) is 10.6. The van der Waals surface area contributed by atoms with Crippen molar-refractivity contribution >= 4 is 55.1 Å². The van der Waals surface area contributed by atoms with Gasteiger partial charge in [-0.05, 0) is 68.6 Å². The van der Waals surface area contributed by atoms with E-state index in [4.69, 9.17) is 11.6 Å². The molecule has 1 N–H and O–H groups in total. The van der Waals surface area contributed by atoms with Crippen molar-refractivity contribution in [1.82, 2.24) is 4.57 Å². The van der Waals surface area contributed by atoms with E-state index in [9.17, 15) is 4.79 Å². The molecule has 1 aromatic heterocycles. The number of hydrogen-bond acceptors (Lipinski definition) is 1. The van der Waals surface area contributed by atoms with Crippen LogP contribution in [0.1, 0.15) is 23.8 Å². The van der Waals surface area contributed by atoms with Crippen molar-refractivity contribution in [1.29, 1.82) is 0 Å². The summed E-state index contributed by atoms with van der Waals surface area (Å²) in [6, 6.07) is 8.85. The number of benzene rings is 1. The number of carbonyl (C=O) groups excluding carboxylic acids is 1. The Morgan fingerprint density at radius 1 is 1.30 bits per heavy atom. The molecule has 1 heterocycles. The van der Waals surface area contributed by atoms with Crippen LogP contribution in [0, 0.1) is 0 Å². The van der Waals surface area contributed by atoms with E-state index >= 15 is 0 Å². The van der Waals surface area contributed by atoms with Crippen molar-refractivity contribution in [3.8, 4) is 0 Å². The summed E-state index contributed by atoms with van der Waals surface area (Å²) in [5, 5.41) is 3.51. The van der Waals surface area contributed by atoms with Crippen LogP contribution in [-0.2, 0) is 6.54 Å². The first-order chi connectivity index (χ1) is 9.52. The smallest absolute Gasteiger partial charge is 0.272 e. The first-order valence-corrected chi connectivity index (χ1v) is 8.10. The molecule has 2 aromatic rings. The molecular weight excluding hydrogens is 407 g/mol. The van der Waals surface area contributed by atoms with Crippen LogP contribution in [0.4, 0.5) is 5.69 Å². The second-order valence-electron chi connectivity index (χ2n) is 4.28. The van der Waals surface area contributed by atoms with Crippen molar-refractivity contribution in [2.45, 2.75) is 19.9 Å². The number of anilines is 1. The number of nitrogens with zero attached hydrogens (tertiary/aromatic N) is 1. The molecule has 0 saturated heterocycles. The molecule has 0 aliphatic rings. The quantitative estimate of drug-likeness (QED) is 0.713. The van der Waals surface area contributed by atoms with Gasteiger partial charge in [-0.3, -0.25) is 4.79 Å². The van der Waals surface area contributed by atoms with E-state index in [2.05, 4.69) is 44.1 Å². The van der Waals surface area contributed by atoms with E-state index in [0.29, 0.717) is 10.7 Å². The van der Waals surface area contributed by atoms with E-state index in [1.165, 1.54) is 0 Å². The molecule has 0 aliphatic heterocycles. The highest BCUT2D eigenvalue weighted by atomic mass is 79.9. The molecule has 3 nitrogen and oxygen atoms in total. The van der Waals surface area contributed by atoms with Gasteiger partial charge in [-0.25, -0.2) is 0 Å². The van der Waals surface area contributed by atoms with Gasteiger partial charge >= 0.3 is 0 Å². The lowest BCUT2D eigenvalue weighted by Crippen LogP contribution is -2.17. The number of nitrogens with one attached hydrogen (secondary N) is 1. The average Bonchev–Trinajstić information content (AvgIpc) is 2.70. The zero-order valence-electron chi connectivity index (χ0n) is 10.8. The summed E-state index contributed by atoms with van der Waals surface area (Å²) < 4.78 is 3.68. The predicted octanol–water partition coefficient (Wildman–Crippen LogP) is 5.33. The standard InChI is InChI=1S/C14H13Br2ClN2O/c1-2-7-19-12(8-11(15)13(19)16)14(20)18-10-5-3-9(17)4-6-10/h3-6,8H,2,7H2,1H3,(H,18,20). The number of halogens is 3. The molecule has 1 aromatic carbocycles. The number of rotatable bonds is 4. The molecule has 0 saturated carbocycles. The molecule has 20 heavy (non-hydrogen) atoms. The van der Waals surface area contributed by atoms with Crippen LogP contribution in [0.5, 0.6) is 0 Å². The Kier molecular flexibility index (Phi) is 5.29. The third-order valence-electron chi connectivity index (χ3n) is 2.77. The summed E-state index contributed by atoms with van der Waals surface area (Å²) in [5.41, 5.74) is 1.33. The molecule has 0 unspecified atom stereocenters. The van der Waals surface area contributed by atoms with Crippen molar-refractivity contribution < 1.29 is 4.79 Å². The van der Waals surface area contributed by atoms with Crippen LogP contribution in [0.15, 0.2) is 39.4 Å². The summed E-state index contributed by atoms with van der Waals surface area (Å²) in [5.74, 6) is -0.146. The molecule has 106 valence electrons. The number of amides is 1. The molecule has 6 heteroatoms. The number of aromatic nitrogens is 1. The summed E-state index contributed by atoms with van der Waals surface area (Å²) >= 11 is 12.7. The second-order valence-corrected chi connectivity index (χ2v) is 6.32. The highest BCUT2D eigenvalue weighted by Gasteiger charge is 2.17. The number of carbonyl (C=O) groups is 1. The summed E-state index contributed by atoms with van der Waals surface area (Å²) in [4.78, 5) is 12.4. The molecule has 0 bridgehead atoms. The second kappa shape index (κ2) is 6.78. The fourth-order valence-electron chi connectivity index (χ4n) is 1.85. The Bertz CT molecular complexity index is 623. The number of hydrogen-bond donors (Lipinski definition) is 1. The van der Waals surface area contributed by atoms with E-state index in [0.717, 1.165) is 27.7 Å². The highest BCUT2D eigenvalue weighted by Crippen LogP contribution is 2.28. The van der Waals surface area contributed by atoms with Crippen LogP contribution in [-0.4, -0.2) is 10.5 Å². The minimum Gasteiger partial charge on any atom is -0.330 e. The Morgan fingerprint density at radius 3 is 2.55 bits per heavy atom. The third-order valence-corrected chi connectivity index (χ3v) is 5.01. The van der Waals surface area contributed by atoms with Gasteiger partial charge in [-0.1, -0.05) is 18.5 Å². The molecule has 0 atom stereocenters. The maximum absolute atomic E-state index is 12.4. The minimum absolute atomic E-state index is 0.146. The van der Waals surface area contributed by atoms with Gasteiger partial charge in [0.1, 0.15) is 5.69 Å². The average molecular weight is 421 g/mol. The highest BCUT2D eigenvalue weighted by molar-refractivity contribution is 9.13. The van der Waals surface area contributed by atoms with E-state index < -0.39 is 0 Å². The molecule has 0 spiro atoms. The monoisotopic (exact) mass is 418 g/mol. The maximum atomic E-state index is 12.4. The van der Waals surface area contributed by atoms with E-state index in [-0.39, 0.29) is 5.91 Å². The van der Waals surface area contributed by atoms with Gasteiger partial charge in [0.15, 0.2) is 0 Å². The molecule has 1 amide bonds. The Hall–Kier alpha value is -0.780. The molecule has 0 aliphatic carbocycles. The third kappa shape index (κ3) is 3.45. The van der Waals surface area contributed by atoms with Gasteiger partial charge in [-0.2, -0.15) is 0 Å². The zero-order valence-corrected chi connectivity index (χ0v) is 14.7. The summed E-state index contributed by atoms with van der Waals surface area (Å²) in [6.45, 7) is 2.84. The van der Waals surface area contributed by atoms with E-state index in [1.807, 2.05) is 10.6 Å². The predicted molar refractivity (Wildman–Crippen MR) is 89.5 cm³/mol. The fraction of sp³-hybridized carbons (Fsp3) is 0.214. The summed E-state index contributed by atoms with van der Waals surface area (Å²) in [6.07, 6.45) is 0.945. The lowest BCUT2D eigenvalue weighted by atomic mass is 10.3. The molecule has 2 rings (SSSR count). The Labute approximate surface area is 139 Å². The van der Waals surface area contributed by atoms with Gasteiger partial charge in [0, 0.05) is 17.3 Å². The zero-order chi connectivity index (χ0) is 14.7. The van der Waals surface area contributed by atoms with Gasteiger partial charge in [0.25, 0.3) is 5.91 Å². The van der Waals surface area contributed by atoms with Crippen LogP contribution < -0.4 is 5.32 Å². The van der Waals surface area contributed by atoms with Gasteiger partial charge in [0.2, 0.25) is 0 Å². The lowest BCUT2D eigenvalue weighted by Gasteiger charge is -2.10. The van der Waals surface area contributed by atoms with Crippen molar-refractivity contribution in [3.63, 3.8) is 0 Å². The van der Waals surface area contributed by atoms with Crippen LogP contribution in [0.2, 0.25) is 5.02 Å². The maximum Gasteiger partial charge on any atom is 0.272 e. The van der Waals surface area contributed by atoms with E-state index in [1.54, 1.807) is 24.3 Å². The lowest BCUT2D eigenvalue weighted by molar-refractivity contribution is 0.101. The largest absolute Gasteiger partial charge is 0.330 e. The SMILES string of the molecule is CCCn1c(C(=O)Nc2ccc(Cl)cc2)cc(Br)c1Br. The van der Waals surface area contributed by atoms with Gasteiger partial charge in [-0.15, -0.1) is 0 Å².